The number of anilines is 2. The Kier molecular flexibility index (Phi) is 4.59. The first-order valence-corrected chi connectivity index (χ1v) is 11.3. The highest BCUT2D eigenvalue weighted by molar-refractivity contribution is 7.92. The number of sulfonamides is 1. The summed E-state index contributed by atoms with van der Waals surface area (Å²) in [5, 5.41) is 2.85. The van der Waals surface area contributed by atoms with Crippen molar-refractivity contribution in [2.75, 3.05) is 16.4 Å². The molecule has 0 aromatic heterocycles. The topological polar surface area (TPSA) is 84.9 Å². The van der Waals surface area contributed by atoms with E-state index in [-0.39, 0.29) is 23.6 Å². The van der Waals surface area contributed by atoms with Gasteiger partial charge in [-0.2, -0.15) is 0 Å². The predicted octanol–water partition coefficient (Wildman–Crippen LogP) is 3.81. The Morgan fingerprint density at radius 2 is 1.77 bits per heavy atom. The molecule has 2 heterocycles. The number of nitrogens with one attached hydrogen (secondary N) is 1. The molecule has 1 amide bonds. The number of benzene rings is 3. The molecule has 158 valence electrons. The van der Waals surface area contributed by atoms with Crippen LogP contribution in [0.3, 0.4) is 0 Å². The number of carbonyl (C=O) groups is 1. The van der Waals surface area contributed by atoms with E-state index in [0.717, 1.165) is 5.56 Å². The Morgan fingerprint density at radius 3 is 2.58 bits per heavy atom. The van der Waals surface area contributed by atoms with Crippen molar-refractivity contribution < 1.29 is 22.7 Å². The quantitative estimate of drug-likeness (QED) is 0.672. The summed E-state index contributed by atoms with van der Waals surface area (Å²) in [5.74, 6) is 0.949. The number of fused-ring (bicyclic) bond motifs is 2. The molecule has 0 saturated heterocycles. The summed E-state index contributed by atoms with van der Waals surface area (Å²) in [6.07, 6.45) is 0.534. The van der Waals surface area contributed by atoms with Crippen LogP contribution in [-0.4, -0.2) is 27.2 Å². The van der Waals surface area contributed by atoms with Crippen molar-refractivity contribution in [2.24, 2.45) is 0 Å². The van der Waals surface area contributed by atoms with Crippen LogP contribution in [0.15, 0.2) is 71.6 Å². The van der Waals surface area contributed by atoms with Gasteiger partial charge in [0.2, 0.25) is 6.79 Å². The van der Waals surface area contributed by atoms with Crippen LogP contribution in [0.1, 0.15) is 22.8 Å². The molecule has 31 heavy (non-hydrogen) atoms. The number of rotatable bonds is 4. The van der Waals surface area contributed by atoms with Gasteiger partial charge in [0.1, 0.15) is 0 Å². The van der Waals surface area contributed by atoms with Crippen LogP contribution in [0, 0.1) is 0 Å². The molecule has 0 unspecified atom stereocenters. The Bertz CT molecular complexity index is 1270. The summed E-state index contributed by atoms with van der Waals surface area (Å²) < 4.78 is 38.4. The number of carbonyl (C=O) groups excluding carboxylic acids is 1. The maximum absolute atomic E-state index is 13.2. The highest BCUT2D eigenvalue weighted by Crippen LogP contribution is 2.38. The molecule has 2 aliphatic rings. The second-order valence-corrected chi connectivity index (χ2v) is 9.35. The molecule has 5 rings (SSSR count). The van der Waals surface area contributed by atoms with Crippen molar-refractivity contribution in [1.82, 2.24) is 0 Å². The minimum absolute atomic E-state index is 0.165. The normalized spacial score (nSPS) is 16.8. The predicted molar refractivity (Wildman–Crippen MR) is 116 cm³/mol. The number of hydrogen-bond acceptors (Lipinski definition) is 5. The first kappa shape index (κ1) is 19.4. The average molecular weight is 436 g/mol. The molecule has 0 aliphatic carbocycles. The molecular formula is C23H20N2O5S. The highest BCUT2D eigenvalue weighted by Gasteiger charge is 2.36. The summed E-state index contributed by atoms with van der Waals surface area (Å²) >= 11 is 0. The molecule has 8 heteroatoms. The smallest absolute Gasteiger partial charge is 0.264 e. The summed E-state index contributed by atoms with van der Waals surface area (Å²) in [6, 6.07) is 18.4. The minimum Gasteiger partial charge on any atom is -0.454 e. The first-order chi connectivity index (χ1) is 14.9. The fourth-order valence-corrected chi connectivity index (χ4v) is 5.71. The van der Waals surface area contributed by atoms with Crippen LogP contribution in [-0.2, 0) is 16.4 Å². The molecule has 7 nitrogen and oxygen atoms in total. The van der Waals surface area contributed by atoms with Crippen molar-refractivity contribution in [3.05, 3.63) is 77.9 Å². The van der Waals surface area contributed by atoms with Gasteiger partial charge in [0, 0.05) is 23.4 Å². The van der Waals surface area contributed by atoms with E-state index < -0.39 is 10.0 Å². The van der Waals surface area contributed by atoms with Gasteiger partial charge in [0.15, 0.2) is 11.5 Å². The number of amides is 1. The van der Waals surface area contributed by atoms with Crippen LogP contribution in [0.5, 0.6) is 11.5 Å². The lowest BCUT2D eigenvalue weighted by Gasteiger charge is -2.24. The summed E-state index contributed by atoms with van der Waals surface area (Å²) in [7, 11) is -3.68. The monoisotopic (exact) mass is 436 g/mol. The Labute approximate surface area is 180 Å². The first-order valence-electron chi connectivity index (χ1n) is 9.87. The van der Waals surface area contributed by atoms with Crippen molar-refractivity contribution in [3.63, 3.8) is 0 Å². The lowest BCUT2D eigenvalue weighted by molar-refractivity contribution is 0.102. The van der Waals surface area contributed by atoms with Gasteiger partial charge in [-0.1, -0.05) is 18.2 Å². The van der Waals surface area contributed by atoms with E-state index >= 15 is 0 Å². The average Bonchev–Trinajstić information content (AvgIpc) is 3.36. The Morgan fingerprint density at radius 1 is 1.00 bits per heavy atom. The third-order valence-electron chi connectivity index (χ3n) is 5.43. The molecule has 0 spiro atoms. The van der Waals surface area contributed by atoms with E-state index in [4.69, 9.17) is 9.47 Å². The van der Waals surface area contributed by atoms with Crippen LogP contribution >= 0.6 is 0 Å². The van der Waals surface area contributed by atoms with Gasteiger partial charge in [-0.3, -0.25) is 9.10 Å². The second-order valence-electron chi connectivity index (χ2n) is 7.53. The number of hydrogen-bond donors (Lipinski definition) is 1. The minimum atomic E-state index is -3.68. The van der Waals surface area contributed by atoms with Gasteiger partial charge in [-0.15, -0.1) is 0 Å². The summed E-state index contributed by atoms with van der Waals surface area (Å²) in [6.45, 7) is 2.03. The molecule has 2 aliphatic heterocycles. The van der Waals surface area contributed by atoms with Crippen molar-refractivity contribution in [3.8, 4) is 11.5 Å². The summed E-state index contributed by atoms with van der Waals surface area (Å²) in [4.78, 5) is 13.0. The lowest BCUT2D eigenvalue weighted by atomic mass is 10.1. The van der Waals surface area contributed by atoms with E-state index in [1.165, 1.54) is 4.31 Å². The van der Waals surface area contributed by atoms with Crippen LogP contribution in [0.2, 0.25) is 0 Å². The number of ether oxygens (including phenoxy) is 2. The highest BCUT2D eigenvalue weighted by atomic mass is 32.2. The fraction of sp³-hybridized carbons (Fsp3) is 0.174. The van der Waals surface area contributed by atoms with Crippen LogP contribution in [0.4, 0.5) is 11.4 Å². The van der Waals surface area contributed by atoms with Crippen molar-refractivity contribution >= 4 is 27.3 Å². The maximum atomic E-state index is 13.2. The van der Waals surface area contributed by atoms with Crippen molar-refractivity contribution in [1.29, 1.82) is 0 Å². The Balaban J connectivity index is 1.41. The van der Waals surface area contributed by atoms with Gasteiger partial charge >= 0.3 is 0 Å². The summed E-state index contributed by atoms with van der Waals surface area (Å²) in [5.41, 5.74) is 2.49. The standard InChI is InChI=1S/C23H20N2O5S/c1-15-11-17-12-16(23(26)24-18-8-10-21-22(13-18)30-14-29-21)7-9-20(17)25(15)31(27,28)19-5-3-2-4-6-19/h2-10,12-13,15H,11,14H2,1H3,(H,24,26)/t15-/m0/s1. The lowest BCUT2D eigenvalue weighted by Crippen LogP contribution is -2.35. The van der Waals surface area contributed by atoms with Gasteiger partial charge in [0.05, 0.1) is 10.6 Å². The van der Waals surface area contributed by atoms with Gasteiger partial charge in [-0.05, 0) is 61.4 Å². The second kappa shape index (κ2) is 7.31. The third kappa shape index (κ3) is 3.38. The van der Waals surface area contributed by atoms with E-state index in [0.29, 0.717) is 34.9 Å². The molecule has 0 radical (unpaired) electrons. The fourth-order valence-electron chi connectivity index (χ4n) is 3.99. The zero-order valence-corrected chi connectivity index (χ0v) is 17.6. The molecule has 3 aromatic rings. The molecule has 0 fully saturated rings. The molecule has 1 atom stereocenters. The maximum Gasteiger partial charge on any atom is 0.264 e. The van der Waals surface area contributed by atoms with Gasteiger partial charge in [0.25, 0.3) is 15.9 Å². The van der Waals surface area contributed by atoms with Gasteiger partial charge < -0.3 is 14.8 Å². The largest absolute Gasteiger partial charge is 0.454 e. The zero-order chi connectivity index (χ0) is 21.6. The zero-order valence-electron chi connectivity index (χ0n) is 16.7. The van der Waals surface area contributed by atoms with E-state index in [1.54, 1.807) is 66.7 Å². The van der Waals surface area contributed by atoms with E-state index in [1.807, 2.05) is 6.92 Å². The van der Waals surface area contributed by atoms with Crippen molar-refractivity contribution in [2.45, 2.75) is 24.3 Å². The molecular weight excluding hydrogens is 416 g/mol. The molecule has 0 bridgehead atoms. The molecule has 1 N–H and O–H groups in total. The van der Waals surface area contributed by atoms with Crippen LogP contribution in [0.25, 0.3) is 0 Å². The van der Waals surface area contributed by atoms with Crippen LogP contribution < -0.4 is 19.1 Å². The SMILES string of the molecule is C[C@H]1Cc2cc(C(=O)Nc3ccc4c(c3)OCO4)ccc2N1S(=O)(=O)c1ccccc1. The molecule has 3 aromatic carbocycles. The molecule has 0 saturated carbocycles. The van der Waals surface area contributed by atoms with Gasteiger partial charge in [-0.25, -0.2) is 8.42 Å². The third-order valence-corrected chi connectivity index (χ3v) is 7.37. The van der Waals surface area contributed by atoms with E-state index in [2.05, 4.69) is 5.32 Å². The number of nitrogens with zero attached hydrogens (tertiary/aromatic N) is 1. The Hall–Kier alpha value is -3.52. The van der Waals surface area contributed by atoms with E-state index in [9.17, 15) is 13.2 Å².